The lowest BCUT2D eigenvalue weighted by molar-refractivity contribution is -0.149. The summed E-state index contributed by atoms with van der Waals surface area (Å²) in [4.78, 5) is 16.0. The Hall–Kier alpha value is -0.620. The van der Waals surface area contributed by atoms with Crippen LogP contribution in [0.15, 0.2) is 0 Å². The fourth-order valence-corrected chi connectivity index (χ4v) is 3.47. The summed E-state index contributed by atoms with van der Waals surface area (Å²) in [7, 11) is 0. The second kappa shape index (κ2) is 6.24. The molecule has 0 N–H and O–H groups in total. The van der Waals surface area contributed by atoms with Crippen LogP contribution in [-0.2, 0) is 4.79 Å². The van der Waals surface area contributed by atoms with Crippen LogP contribution >= 0.6 is 0 Å². The number of carbonyl (C=O) groups excluding carboxylic acids is 1. The molecule has 0 spiro atoms. The lowest BCUT2D eigenvalue weighted by Crippen LogP contribution is -2.51. The highest BCUT2D eigenvalue weighted by Gasteiger charge is 2.38. The van der Waals surface area contributed by atoms with Gasteiger partial charge >= 0.3 is 6.18 Å². The van der Waals surface area contributed by atoms with E-state index in [1.165, 1.54) is 4.90 Å². The fourth-order valence-electron chi connectivity index (χ4n) is 3.47. The van der Waals surface area contributed by atoms with Gasteiger partial charge in [-0.15, -0.1) is 0 Å². The van der Waals surface area contributed by atoms with Crippen LogP contribution in [0.25, 0.3) is 0 Å². The summed E-state index contributed by atoms with van der Waals surface area (Å²) < 4.78 is 37.0. The highest BCUT2D eigenvalue weighted by atomic mass is 19.4. The number of carbonyl (C=O) groups is 1. The monoisotopic (exact) mass is 306 g/mol. The van der Waals surface area contributed by atoms with Crippen LogP contribution in [0, 0.1) is 11.3 Å². The summed E-state index contributed by atoms with van der Waals surface area (Å²) in [5.74, 6) is 0.384. The van der Waals surface area contributed by atoms with E-state index in [2.05, 4.69) is 4.90 Å². The molecule has 0 amide bonds. The molecule has 0 bridgehead atoms. The number of nitrogens with zero attached hydrogens (tertiary/aromatic N) is 2. The zero-order valence-corrected chi connectivity index (χ0v) is 12.9. The van der Waals surface area contributed by atoms with Gasteiger partial charge in [0.25, 0.3) is 0 Å². The maximum atomic E-state index is 12.4. The van der Waals surface area contributed by atoms with Crippen molar-refractivity contribution in [2.75, 3.05) is 39.3 Å². The molecular weight excluding hydrogens is 281 g/mol. The summed E-state index contributed by atoms with van der Waals surface area (Å²) in [5.41, 5.74) is -0.235. The summed E-state index contributed by atoms with van der Waals surface area (Å²) in [6.07, 6.45) is -1.18. The molecule has 2 fully saturated rings. The molecule has 0 radical (unpaired) electrons. The van der Waals surface area contributed by atoms with Gasteiger partial charge in [0.1, 0.15) is 5.78 Å². The lowest BCUT2D eigenvalue weighted by Gasteiger charge is -2.39. The molecule has 1 saturated heterocycles. The van der Waals surface area contributed by atoms with E-state index in [4.69, 9.17) is 0 Å². The van der Waals surface area contributed by atoms with Crippen LogP contribution in [0.4, 0.5) is 13.2 Å². The molecule has 0 aromatic heterocycles. The topological polar surface area (TPSA) is 23.6 Å². The number of Topliss-reactive ketones (excluding diaryl/α,β-unsaturated/α-hetero) is 1. The molecule has 122 valence electrons. The van der Waals surface area contributed by atoms with Crippen molar-refractivity contribution in [3.8, 4) is 0 Å². The number of rotatable bonds is 3. The molecule has 1 atom stereocenters. The Bertz CT molecular complexity index is 374. The molecule has 2 rings (SSSR count). The van der Waals surface area contributed by atoms with Gasteiger partial charge in [0.05, 0.1) is 6.54 Å². The third kappa shape index (κ3) is 4.68. The highest BCUT2D eigenvalue weighted by molar-refractivity contribution is 5.87. The van der Waals surface area contributed by atoms with Gasteiger partial charge in [-0.1, -0.05) is 20.3 Å². The van der Waals surface area contributed by atoms with Crippen LogP contribution in [0.2, 0.25) is 0 Å². The third-order valence-corrected chi connectivity index (χ3v) is 4.74. The zero-order valence-electron chi connectivity index (χ0n) is 12.9. The van der Waals surface area contributed by atoms with Crippen molar-refractivity contribution in [2.24, 2.45) is 11.3 Å². The summed E-state index contributed by atoms with van der Waals surface area (Å²) in [6.45, 7) is 6.01. The average Bonchev–Trinajstić information content (AvgIpc) is 2.35. The molecule has 3 nitrogen and oxygen atoms in total. The Kier molecular flexibility index (Phi) is 4.98. The predicted molar refractivity (Wildman–Crippen MR) is 75.1 cm³/mol. The Morgan fingerprint density at radius 1 is 1.14 bits per heavy atom. The predicted octanol–water partition coefficient (Wildman–Crippen LogP) is 2.56. The first-order chi connectivity index (χ1) is 9.67. The van der Waals surface area contributed by atoms with Crippen LogP contribution in [0.5, 0.6) is 0 Å². The number of ketones is 1. The molecule has 1 heterocycles. The van der Waals surface area contributed by atoms with Gasteiger partial charge in [-0.3, -0.25) is 9.69 Å². The minimum Gasteiger partial charge on any atom is -0.300 e. The van der Waals surface area contributed by atoms with Gasteiger partial charge in [0.15, 0.2) is 0 Å². The van der Waals surface area contributed by atoms with Gasteiger partial charge in [-0.05, 0) is 12.8 Å². The van der Waals surface area contributed by atoms with Crippen molar-refractivity contribution in [3.63, 3.8) is 0 Å². The van der Waals surface area contributed by atoms with Gasteiger partial charge in [0.2, 0.25) is 0 Å². The van der Waals surface area contributed by atoms with Crippen molar-refractivity contribution in [2.45, 2.75) is 39.3 Å². The SMILES string of the molecule is CC1(C)CCCC(CN2CCN(CC(F)(F)F)CC2)C1=O. The maximum Gasteiger partial charge on any atom is 0.401 e. The first-order valence-corrected chi connectivity index (χ1v) is 7.73. The first kappa shape index (κ1) is 16.7. The molecule has 6 heteroatoms. The number of halogens is 3. The first-order valence-electron chi connectivity index (χ1n) is 7.73. The van der Waals surface area contributed by atoms with Gasteiger partial charge in [0, 0.05) is 44.1 Å². The quantitative estimate of drug-likeness (QED) is 0.800. The second-order valence-electron chi connectivity index (χ2n) is 7.03. The second-order valence-corrected chi connectivity index (χ2v) is 7.03. The van der Waals surface area contributed by atoms with Crippen molar-refractivity contribution in [3.05, 3.63) is 0 Å². The van der Waals surface area contributed by atoms with Crippen molar-refractivity contribution >= 4 is 5.78 Å². The third-order valence-electron chi connectivity index (χ3n) is 4.74. The number of hydrogen-bond donors (Lipinski definition) is 0. The normalized spacial score (nSPS) is 28.8. The standard InChI is InChI=1S/C15H25F3N2O/c1-14(2)5-3-4-12(13(14)21)10-19-6-8-20(9-7-19)11-15(16,17)18/h12H,3-11H2,1-2H3. The lowest BCUT2D eigenvalue weighted by atomic mass is 9.71. The molecule has 1 aliphatic carbocycles. The summed E-state index contributed by atoms with van der Waals surface area (Å²) >= 11 is 0. The van der Waals surface area contributed by atoms with Gasteiger partial charge < -0.3 is 4.90 Å². The summed E-state index contributed by atoms with van der Waals surface area (Å²) in [5, 5.41) is 0. The molecular formula is C15H25F3N2O. The number of hydrogen-bond acceptors (Lipinski definition) is 3. The van der Waals surface area contributed by atoms with Crippen molar-refractivity contribution in [1.82, 2.24) is 9.80 Å². The van der Waals surface area contributed by atoms with E-state index in [0.29, 0.717) is 38.5 Å². The minimum atomic E-state index is -4.12. The Labute approximate surface area is 124 Å². The molecule has 1 unspecified atom stereocenters. The zero-order chi connectivity index (χ0) is 15.7. The molecule has 0 aromatic carbocycles. The van der Waals surface area contributed by atoms with Crippen LogP contribution < -0.4 is 0 Å². The van der Waals surface area contributed by atoms with E-state index in [1.807, 2.05) is 13.8 Å². The maximum absolute atomic E-state index is 12.4. The fraction of sp³-hybridized carbons (Fsp3) is 0.933. The smallest absolute Gasteiger partial charge is 0.300 e. The Morgan fingerprint density at radius 2 is 1.71 bits per heavy atom. The van der Waals surface area contributed by atoms with E-state index < -0.39 is 12.7 Å². The largest absolute Gasteiger partial charge is 0.401 e. The van der Waals surface area contributed by atoms with Crippen molar-refractivity contribution in [1.29, 1.82) is 0 Å². The van der Waals surface area contributed by atoms with E-state index in [-0.39, 0.29) is 11.3 Å². The van der Waals surface area contributed by atoms with Crippen LogP contribution in [0.1, 0.15) is 33.1 Å². The molecule has 1 aliphatic heterocycles. The highest BCUT2D eigenvalue weighted by Crippen LogP contribution is 2.35. The summed E-state index contributed by atoms with van der Waals surface area (Å²) in [6, 6.07) is 0. The van der Waals surface area contributed by atoms with E-state index >= 15 is 0 Å². The van der Waals surface area contributed by atoms with E-state index in [0.717, 1.165) is 19.3 Å². The van der Waals surface area contributed by atoms with Gasteiger partial charge in [-0.2, -0.15) is 13.2 Å². The van der Waals surface area contributed by atoms with Gasteiger partial charge in [-0.25, -0.2) is 0 Å². The minimum absolute atomic E-state index is 0.0583. The average molecular weight is 306 g/mol. The molecule has 1 saturated carbocycles. The van der Waals surface area contributed by atoms with Crippen molar-refractivity contribution < 1.29 is 18.0 Å². The van der Waals surface area contributed by atoms with Crippen LogP contribution in [-0.4, -0.2) is 61.0 Å². The Morgan fingerprint density at radius 3 is 2.29 bits per heavy atom. The number of piperazine rings is 1. The van der Waals surface area contributed by atoms with E-state index in [9.17, 15) is 18.0 Å². The van der Waals surface area contributed by atoms with Crippen LogP contribution in [0.3, 0.4) is 0 Å². The molecule has 0 aromatic rings. The molecule has 21 heavy (non-hydrogen) atoms. The number of alkyl halides is 3. The Balaban J connectivity index is 1.80. The molecule has 2 aliphatic rings. The van der Waals surface area contributed by atoms with E-state index in [1.54, 1.807) is 0 Å².